The highest BCUT2D eigenvalue weighted by atomic mass is 16.7. The van der Waals surface area contributed by atoms with Crippen LogP contribution >= 0.6 is 0 Å². The number of nitro benzene ring substituents is 1. The monoisotopic (exact) mass is 308 g/mol. The smallest absolute Gasteiger partial charge is 0.323 e. The Morgan fingerprint density at radius 3 is 2.64 bits per heavy atom. The van der Waals surface area contributed by atoms with Crippen LogP contribution in [0, 0.1) is 10.1 Å². The molecule has 0 spiro atoms. The van der Waals surface area contributed by atoms with Gasteiger partial charge in [-0.15, -0.1) is 0 Å². The molecular weight excluding hydrogens is 296 g/mol. The fourth-order valence-electron chi connectivity index (χ4n) is 1.81. The Bertz CT molecular complexity index is 669. The summed E-state index contributed by atoms with van der Waals surface area (Å²) in [6.45, 7) is -0.494. The van der Waals surface area contributed by atoms with E-state index in [1.807, 2.05) is 0 Å². The molecule has 1 aliphatic rings. The van der Waals surface area contributed by atoms with E-state index < -0.39 is 23.3 Å². The second-order valence-corrected chi connectivity index (χ2v) is 4.44. The van der Waals surface area contributed by atoms with Gasteiger partial charge in [0.15, 0.2) is 11.5 Å². The number of carbonyl (C=O) groups is 2. The van der Waals surface area contributed by atoms with Crippen molar-refractivity contribution >= 4 is 23.6 Å². The lowest BCUT2D eigenvalue weighted by molar-refractivity contribution is -0.385. The number of rotatable bonds is 5. The molecule has 0 unspecified atom stereocenters. The molecule has 0 atom stereocenters. The predicted octanol–water partition coefficient (Wildman–Crippen LogP) is 0.880. The first-order chi connectivity index (χ1) is 10.4. The second-order valence-electron chi connectivity index (χ2n) is 4.44. The van der Waals surface area contributed by atoms with Crippen molar-refractivity contribution in [3.05, 3.63) is 33.9 Å². The lowest BCUT2D eigenvalue weighted by Crippen LogP contribution is -2.30. The first kappa shape index (κ1) is 15.3. The minimum absolute atomic E-state index is 0.0278. The standard InChI is InChI=1S/C13H12N2O7/c1-14(6-13(17)18)12(16)3-2-8-4-10-11(22-7-21-10)5-9(8)15(19)20/h2-5H,6-7H2,1H3,(H,17,18). The van der Waals surface area contributed by atoms with E-state index >= 15 is 0 Å². The third-order valence-electron chi connectivity index (χ3n) is 2.87. The maximum absolute atomic E-state index is 11.7. The molecule has 1 heterocycles. The van der Waals surface area contributed by atoms with E-state index in [0.29, 0.717) is 5.75 Å². The molecule has 9 nitrogen and oxygen atoms in total. The summed E-state index contributed by atoms with van der Waals surface area (Å²) >= 11 is 0. The van der Waals surface area contributed by atoms with Crippen molar-refractivity contribution in [3.63, 3.8) is 0 Å². The number of benzene rings is 1. The van der Waals surface area contributed by atoms with Crippen LogP contribution in [-0.4, -0.2) is 47.2 Å². The van der Waals surface area contributed by atoms with Crippen molar-refractivity contribution in [3.8, 4) is 11.5 Å². The highest BCUT2D eigenvalue weighted by Gasteiger charge is 2.22. The van der Waals surface area contributed by atoms with Crippen LogP contribution in [0.5, 0.6) is 11.5 Å². The minimum atomic E-state index is -1.15. The van der Waals surface area contributed by atoms with Gasteiger partial charge in [-0.1, -0.05) is 0 Å². The van der Waals surface area contributed by atoms with E-state index in [2.05, 4.69) is 0 Å². The van der Waals surface area contributed by atoms with Crippen LogP contribution in [0.15, 0.2) is 18.2 Å². The summed E-state index contributed by atoms with van der Waals surface area (Å²) in [6, 6.07) is 2.61. The number of likely N-dealkylation sites (N-methyl/N-ethyl adjacent to an activating group) is 1. The molecule has 0 aliphatic carbocycles. The first-order valence-electron chi connectivity index (χ1n) is 6.11. The topological polar surface area (TPSA) is 119 Å². The molecule has 1 amide bonds. The fraction of sp³-hybridized carbons (Fsp3) is 0.231. The molecule has 9 heteroatoms. The summed E-state index contributed by atoms with van der Waals surface area (Å²) in [5.74, 6) is -1.14. The van der Waals surface area contributed by atoms with Crippen molar-refractivity contribution in [1.82, 2.24) is 4.90 Å². The summed E-state index contributed by atoms with van der Waals surface area (Å²) < 4.78 is 10.2. The number of hydrogen-bond donors (Lipinski definition) is 1. The van der Waals surface area contributed by atoms with E-state index in [-0.39, 0.29) is 23.8 Å². The summed E-state index contributed by atoms with van der Waals surface area (Å²) in [6.07, 6.45) is 2.30. The van der Waals surface area contributed by atoms with Crippen molar-refractivity contribution in [2.75, 3.05) is 20.4 Å². The Labute approximate surface area is 124 Å². The lowest BCUT2D eigenvalue weighted by atomic mass is 10.1. The third kappa shape index (κ3) is 3.32. The summed E-state index contributed by atoms with van der Waals surface area (Å²) in [5, 5.41) is 19.7. The zero-order valence-corrected chi connectivity index (χ0v) is 11.5. The van der Waals surface area contributed by atoms with Gasteiger partial charge in [0.1, 0.15) is 6.54 Å². The largest absolute Gasteiger partial charge is 0.480 e. The van der Waals surface area contributed by atoms with E-state index in [1.54, 1.807) is 0 Å². The fourth-order valence-corrected chi connectivity index (χ4v) is 1.81. The van der Waals surface area contributed by atoms with E-state index in [1.165, 1.54) is 25.3 Å². The lowest BCUT2D eigenvalue weighted by Gasteiger charge is -2.11. The SMILES string of the molecule is CN(CC(=O)O)C(=O)C=Cc1cc2c(cc1[N+](=O)[O-])OCO2. The second kappa shape index (κ2) is 6.12. The van der Waals surface area contributed by atoms with Crippen LogP contribution in [0.1, 0.15) is 5.56 Å². The normalized spacial score (nSPS) is 12.4. The van der Waals surface area contributed by atoms with Crippen molar-refractivity contribution in [2.24, 2.45) is 0 Å². The molecular formula is C13H12N2O7. The van der Waals surface area contributed by atoms with E-state index in [4.69, 9.17) is 14.6 Å². The Morgan fingerprint density at radius 1 is 1.41 bits per heavy atom. The number of fused-ring (bicyclic) bond motifs is 1. The number of ether oxygens (including phenoxy) is 2. The van der Waals surface area contributed by atoms with Crippen molar-refractivity contribution < 1.29 is 29.1 Å². The Morgan fingerprint density at radius 2 is 2.05 bits per heavy atom. The van der Waals surface area contributed by atoms with Gasteiger partial charge in [-0.2, -0.15) is 0 Å². The molecule has 1 N–H and O–H groups in total. The van der Waals surface area contributed by atoms with Crippen molar-refractivity contribution in [2.45, 2.75) is 0 Å². The van der Waals surface area contributed by atoms with Crippen LogP contribution < -0.4 is 9.47 Å². The van der Waals surface area contributed by atoms with Gasteiger partial charge in [0.2, 0.25) is 12.7 Å². The first-order valence-corrected chi connectivity index (χ1v) is 6.11. The van der Waals surface area contributed by atoms with Gasteiger partial charge >= 0.3 is 5.97 Å². The molecule has 0 radical (unpaired) electrons. The number of carbonyl (C=O) groups excluding carboxylic acids is 1. The quantitative estimate of drug-likeness (QED) is 0.487. The molecule has 2 rings (SSSR count). The van der Waals surface area contributed by atoms with E-state index in [9.17, 15) is 19.7 Å². The molecule has 0 fully saturated rings. The average Bonchev–Trinajstić information content (AvgIpc) is 2.89. The predicted molar refractivity (Wildman–Crippen MR) is 73.5 cm³/mol. The number of carboxylic acids is 1. The van der Waals surface area contributed by atoms with Crippen molar-refractivity contribution in [1.29, 1.82) is 0 Å². The summed E-state index contributed by atoms with van der Waals surface area (Å²) in [4.78, 5) is 33.7. The molecule has 0 bridgehead atoms. The molecule has 22 heavy (non-hydrogen) atoms. The number of hydrogen-bond acceptors (Lipinski definition) is 6. The number of nitrogens with zero attached hydrogens (tertiary/aromatic N) is 2. The number of carboxylic acid groups (broad SMARTS) is 1. The Hall–Kier alpha value is -3.10. The zero-order chi connectivity index (χ0) is 16.3. The van der Waals surface area contributed by atoms with Crippen LogP contribution in [0.4, 0.5) is 5.69 Å². The molecule has 0 saturated carbocycles. The van der Waals surface area contributed by atoms with Gasteiger partial charge in [-0.25, -0.2) is 0 Å². The molecule has 1 aliphatic heterocycles. The highest BCUT2D eigenvalue weighted by Crippen LogP contribution is 2.38. The number of aliphatic carboxylic acids is 1. The van der Waals surface area contributed by atoms with Gasteiger partial charge in [0.25, 0.3) is 5.69 Å². The van der Waals surface area contributed by atoms with Gasteiger partial charge in [0, 0.05) is 13.1 Å². The highest BCUT2D eigenvalue weighted by molar-refractivity contribution is 5.94. The minimum Gasteiger partial charge on any atom is -0.480 e. The van der Waals surface area contributed by atoms with Crippen LogP contribution in [-0.2, 0) is 9.59 Å². The number of amides is 1. The molecule has 116 valence electrons. The Kier molecular flexibility index (Phi) is 4.25. The van der Waals surface area contributed by atoms with Crippen LogP contribution in [0.2, 0.25) is 0 Å². The maximum Gasteiger partial charge on any atom is 0.323 e. The van der Waals surface area contributed by atoms with Gasteiger partial charge in [-0.3, -0.25) is 19.7 Å². The number of nitro groups is 1. The molecule has 0 aromatic heterocycles. The maximum atomic E-state index is 11.7. The van der Waals surface area contributed by atoms with E-state index in [0.717, 1.165) is 11.0 Å². The van der Waals surface area contributed by atoms with Gasteiger partial charge < -0.3 is 19.5 Å². The average molecular weight is 308 g/mol. The summed E-state index contributed by atoms with van der Waals surface area (Å²) in [7, 11) is 1.31. The Balaban J connectivity index is 2.25. The van der Waals surface area contributed by atoms with Crippen LogP contribution in [0.3, 0.4) is 0 Å². The summed E-state index contributed by atoms with van der Waals surface area (Å²) in [5.41, 5.74) is -0.0829. The third-order valence-corrected chi connectivity index (χ3v) is 2.87. The van der Waals surface area contributed by atoms with Gasteiger partial charge in [-0.05, 0) is 12.1 Å². The molecule has 1 aromatic rings. The molecule has 0 saturated heterocycles. The van der Waals surface area contributed by atoms with Crippen LogP contribution in [0.25, 0.3) is 6.08 Å². The zero-order valence-electron chi connectivity index (χ0n) is 11.5. The van der Waals surface area contributed by atoms with Gasteiger partial charge in [0.05, 0.1) is 16.6 Å². The molecule has 1 aromatic carbocycles.